The van der Waals surface area contributed by atoms with Crippen LogP contribution in [0.2, 0.25) is 0 Å². The number of amidine groups is 1. The van der Waals surface area contributed by atoms with Gasteiger partial charge in [0.25, 0.3) is 0 Å². The lowest BCUT2D eigenvalue weighted by Crippen LogP contribution is -2.46. The number of aliphatic imine (C=N–C) groups is 1. The van der Waals surface area contributed by atoms with Gasteiger partial charge in [-0.05, 0) is 59.4 Å². The Kier molecular flexibility index (Phi) is 7.39. The minimum Gasteiger partial charge on any atom is -0.478 e. The molecule has 7 nitrogen and oxygen atoms in total. The number of carboxylic acid groups (broad SMARTS) is 1. The molecule has 2 aliphatic heterocycles. The molecular weight excluding hydrogens is 512 g/mol. The molecule has 8 heteroatoms. The summed E-state index contributed by atoms with van der Waals surface area (Å²) < 4.78 is 5.18. The predicted octanol–water partition coefficient (Wildman–Crippen LogP) is 5.72. The van der Waals surface area contributed by atoms with Crippen LogP contribution >= 0.6 is 11.8 Å². The highest BCUT2D eigenvalue weighted by molar-refractivity contribution is 8.15. The molecular formula is C31H28N2O5S. The largest absolute Gasteiger partial charge is 0.478 e. The van der Waals surface area contributed by atoms with Crippen LogP contribution in [-0.4, -0.2) is 44.8 Å². The quantitative estimate of drug-likeness (QED) is 0.372. The van der Waals surface area contributed by atoms with E-state index in [-0.39, 0.29) is 29.1 Å². The number of amides is 1. The van der Waals surface area contributed by atoms with Crippen molar-refractivity contribution in [3.05, 3.63) is 100 Å². The molecule has 2 heterocycles. The summed E-state index contributed by atoms with van der Waals surface area (Å²) in [6.45, 7) is 5.15. The van der Waals surface area contributed by atoms with Crippen LogP contribution < -0.4 is 4.74 Å². The van der Waals surface area contributed by atoms with E-state index in [4.69, 9.17) is 4.74 Å². The number of rotatable bonds is 6. The van der Waals surface area contributed by atoms with Crippen LogP contribution in [0.1, 0.15) is 38.3 Å². The number of ether oxygens (including phenoxy) is 1. The summed E-state index contributed by atoms with van der Waals surface area (Å²) in [7, 11) is 0. The third-order valence-electron chi connectivity index (χ3n) is 6.93. The van der Waals surface area contributed by atoms with Gasteiger partial charge in [0.15, 0.2) is 5.17 Å². The standard InChI is InChI=1S/C31H28N2O5S/c1-4-21-15-23(29-28(30(36)37)18(2)32-31-33(29)27(35)17-39-31)16-26(22-8-6-5-7-9-22)25(21)14-20-10-12-24(13-11-20)38-19(3)34/h5-16,21,29H,4,17H2,1-3H3,(H,36,37). The van der Waals surface area contributed by atoms with Crippen LogP contribution in [0.15, 0.2) is 94.2 Å². The van der Waals surface area contributed by atoms with E-state index in [0.717, 1.165) is 34.3 Å². The number of nitrogens with zero attached hydrogens (tertiary/aromatic N) is 2. The smallest absolute Gasteiger partial charge is 0.335 e. The molecule has 2 atom stereocenters. The molecule has 1 amide bonds. The second-order valence-electron chi connectivity index (χ2n) is 9.52. The number of aliphatic carboxylic acids is 1. The van der Waals surface area contributed by atoms with Gasteiger partial charge in [0.1, 0.15) is 5.75 Å². The second kappa shape index (κ2) is 10.9. The maximum absolute atomic E-state index is 13.0. The number of carboxylic acids is 1. The minimum atomic E-state index is -1.08. The van der Waals surface area contributed by atoms with E-state index in [1.165, 1.54) is 18.7 Å². The highest BCUT2D eigenvalue weighted by Gasteiger charge is 2.44. The number of benzene rings is 2. The Morgan fingerprint density at radius 1 is 1.15 bits per heavy atom. The molecule has 2 unspecified atom stereocenters. The molecule has 0 saturated carbocycles. The molecule has 2 aromatic rings. The van der Waals surface area contributed by atoms with Crippen molar-refractivity contribution >= 4 is 46.4 Å². The summed E-state index contributed by atoms with van der Waals surface area (Å²) in [4.78, 5) is 42.7. The third kappa shape index (κ3) is 5.25. The number of hydrogen-bond donors (Lipinski definition) is 1. The number of allylic oxidation sites excluding steroid dienone is 4. The Morgan fingerprint density at radius 3 is 2.51 bits per heavy atom. The van der Waals surface area contributed by atoms with Gasteiger partial charge in [-0.3, -0.25) is 14.5 Å². The molecule has 3 aliphatic rings. The first-order valence-corrected chi connectivity index (χ1v) is 13.7. The van der Waals surface area contributed by atoms with E-state index in [0.29, 0.717) is 16.6 Å². The fourth-order valence-electron chi connectivity index (χ4n) is 5.19. The van der Waals surface area contributed by atoms with Gasteiger partial charge in [0.2, 0.25) is 5.91 Å². The van der Waals surface area contributed by atoms with Gasteiger partial charge in [0.05, 0.1) is 23.1 Å². The van der Waals surface area contributed by atoms with Crippen molar-refractivity contribution in [1.82, 2.24) is 4.90 Å². The fourth-order valence-corrected chi connectivity index (χ4v) is 6.13. The molecule has 1 N–H and O–H groups in total. The summed E-state index contributed by atoms with van der Waals surface area (Å²) >= 11 is 1.34. The molecule has 0 spiro atoms. The van der Waals surface area contributed by atoms with Crippen LogP contribution in [0.4, 0.5) is 0 Å². The number of hydrogen-bond acceptors (Lipinski definition) is 6. The lowest BCUT2D eigenvalue weighted by molar-refractivity contribution is -0.134. The molecule has 1 aliphatic carbocycles. The first-order chi connectivity index (χ1) is 18.8. The normalized spacial score (nSPS) is 21.8. The Hall–Kier alpha value is -4.17. The number of esters is 1. The Bertz CT molecular complexity index is 1500. The lowest BCUT2D eigenvalue weighted by atomic mass is 9.77. The second-order valence-corrected chi connectivity index (χ2v) is 10.5. The first kappa shape index (κ1) is 26.4. The summed E-state index contributed by atoms with van der Waals surface area (Å²) in [5.74, 6) is -0.911. The topological polar surface area (TPSA) is 96.3 Å². The van der Waals surface area contributed by atoms with Gasteiger partial charge in [-0.1, -0.05) is 73.3 Å². The molecule has 0 bridgehead atoms. The van der Waals surface area contributed by atoms with Gasteiger partial charge in [-0.15, -0.1) is 0 Å². The van der Waals surface area contributed by atoms with E-state index in [1.54, 1.807) is 24.0 Å². The highest BCUT2D eigenvalue weighted by Crippen LogP contribution is 2.43. The molecule has 0 aromatic heterocycles. The van der Waals surface area contributed by atoms with Crippen molar-refractivity contribution in [2.24, 2.45) is 10.9 Å². The van der Waals surface area contributed by atoms with Crippen molar-refractivity contribution in [1.29, 1.82) is 0 Å². The van der Waals surface area contributed by atoms with E-state index in [9.17, 15) is 19.5 Å². The van der Waals surface area contributed by atoms with Crippen LogP contribution in [0.25, 0.3) is 11.6 Å². The molecule has 2 aromatic carbocycles. The van der Waals surface area contributed by atoms with Crippen LogP contribution in [0.5, 0.6) is 5.75 Å². The molecule has 0 radical (unpaired) electrons. The number of fused-ring (bicyclic) bond motifs is 1. The lowest BCUT2D eigenvalue weighted by Gasteiger charge is -2.36. The minimum absolute atomic E-state index is 0.0311. The maximum atomic E-state index is 13.0. The third-order valence-corrected chi connectivity index (χ3v) is 7.87. The van der Waals surface area contributed by atoms with Crippen molar-refractivity contribution < 1.29 is 24.2 Å². The Morgan fingerprint density at radius 2 is 1.87 bits per heavy atom. The van der Waals surface area contributed by atoms with Gasteiger partial charge in [-0.2, -0.15) is 0 Å². The molecule has 1 saturated heterocycles. The molecule has 39 heavy (non-hydrogen) atoms. The zero-order valence-corrected chi connectivity index (χ0v) is 22.7. The van der Waals surface area contributed by atoms with Crippen molar-refractivity contribution in [2.75, 3.05) is 5.75 Å². The van der Waals surface area contributed by atoms with Gasteiger partial charge < -0.3 is 9.84 Å². The van der Waals surface area contributed by atoms with Gasteiger partial charge >= 0.3 is 11.9 Å². The van der Waals surface area contributed by atoms with Crippen LogP contribution in [-0.2, 0) is 14.4 Å². The maximum Gasteiger partial charge on any atom is 0.335 e. The number of thioether (sulfide) groups is 1. The SMILES string of the molecule is CCC1C=C(C2C(C(=O)O)=C(C)N=C3SCC(=O)N32)C=C(c2ccccc2)C1=Cc1ccc(OC(C)=O)cc1. The summed E-state index contributed by atoms with van der Waals surface area (Å²) in [5, 5.41) is 10.7. The van der Waals surface area contributed by atoms with E-state index < -0.39 is 12.0 Å². The summed E-state index contributed by atoms with van der Waals surface area (Å²) in [5.41, 5.74) is 5.29. The van der Waals surface area contributed by atoms with Gasteiger partial charge in [-0.25, -0.2) is 9.79 Å². The average molecular weight is 541 g/mol. The Labute approximate surface area is 231 Å². The Balaban J connectivity index is 1.64. The zero-order chi connectivity index (χ0) is 27.7. The zero-order valence-electron chi connectivity index (χ0n) is 21.9. The average Bonchev–Trinajstić information content (AvgIpc) is 3.28. The van der Waals surface area contributed by atoms with Crippen LogP contribution in [0, 0.1) is 5.92 Å². The predicted molar refractivity (Wildman–Crippen MR) is 153 cm³/mol. The monoisotopic (exact) mass is 540 g/mol. The fraction of sp³-hybridized carbons (Fsp3) is 0.226. The number of carbonyl (C=O) groups is 3. The van der Waals surface area contributed by atoms with Gasteiger partial charge in [0, 0.05) is 12.8 Å². The van der Waals surface area contributed by atoms with E-state index in [2.05, 4.69) is 24.1 Å². The first-order valence-electron chi connectivity index (χ1n) is 12.7. The summed E-state index contributed by atoms with van der Waals surface area (Å²) in [6.07, 6.45) is 6.99. The highest BCUT2D eigenvalue weighted by atomic mass is 32.2. The van der Waals surface area contributed by atoms with Crippen molar-refractivity contribution in [3.63, 3.8) is 0 Å². The number of carbonyl (C=O) groups excluding carboxylic acids is 2. The molecule has 1 fully saturated rings. The molecule has 198 valence electrons. The van der Waals surface area contributed by atoms with Crippen LogP contribution in [0.3, 0.4) is 0 Å². The summed E-state index contributed by atoms with van der Waals surface area (Å²) in [6, 6.07) is 16.5. The van der Waals surface area contributed by atoms with Crippen molar-refractivity contribution in [3.8, 4) is 5.75 Å². The van der Waals surface area contributed by atoms with E-state index in [1.807, 2.05) is 48.5 Å². The molecule has 5 rings (SSSR count). The van der Waals surface area contributed by atoms with Crippen molar-refractivity contribution in [2.45, 2.75) is 33.2 Å². The van der Waals surface area contributed by atoms with E-state index >= 15 is 0 Å².